The molecule has 1 aromatic heterocycles. The highest BCUT2D eigenvalue weighted by Crippen LogP contribution is 2.29. The fourth-order valence-electron chi connectivity index (χ4n) is 1.56. The minimum atomic E-state index is -0.935. The molecule has 7 nitrogen and oxygen atoms in total. The van der Waals surface area contributed by atoms with Gasteiger partial charge in [0.2, 0.25) is 5.89 Å². The number of nitro benzene ring substituents is 1. The van der Waals surface area contributed by atoms with E-state index in [4.69, 9.17) is 16.0 Å². The van der Waals surface area contributed by atoms with Crippen molar-refractivity contribution in [1.82, 2.24) is 9.78 Å². The third kappa shape index (κ3) is 2.80. The summed E-state index contributed by atoms with van der Waals surface area (Å²) < 4.78 is 19.5. The summed E-state index contributed by atoms with van der Waals surface area (Å²) >= 11 is 5.59. The summed E-state index contributed by atoms with van der Waals surface area (Å²) in [6.45, 7) is 5.26. The van der Waals surface area contributed by atoms with Crippen LogP contribution in [0.1, 0.15) is 26.7 Å². The molecule has 0 saturated carbocycles. The lowest BCUT2D eigenvalue weighted by atomic mass is 9.97. The predicted octanol–water partition coefficient (Wildman–Crippen LogP) is 2.82. The number of rotatable bonds is 2. The lowest BCUT2D eigenvalue weighted by Crippen LogP contribution is -2.16. The van der Waals surface area contributed by atoms with Crippen molar-refractivity contribution in [3.8, 4) is 5.69 Å². The summed E-state index contributed by atoms with van der Waals surface area (Å²) in [7, 11) is 0. The molecule has 0 aliphatic rings. The van der Waals surface area contributed by atoms with Gasteiger partial charge in [-0.25, -0.2) is 9.18 Å². The number of nitro groups is 1. The van der Waals surface area contributed by atoms with E-state index in [1.54, 1.807) is 20.8 Å². The number of nitrogens with zero attached hydrogens (tertiary/aromatic N) is 3. The van der Waals surface area contributed by atoms with E-state index in [0.29, 0.717) is 4.68 Å². The van der Waals surface area contributed by atoms with Crippen LogP contribution in [0.15, 0.2) is 21.3 Å². The summed E-state index contributed by atoms with van der Waals surface area (Å²) in [5.41, 5.74) is -1.49. The van der Waals surface area contributed by atoms with Crippen LogP contribution in [0.5, 0.6) is 0 Å². The highest BCUT2D eigenvalue weighted by Gasteiger charge is 2.25. The normalized spacial score (nSPS) is 11.7. The van der Waals surface area contributed by atoms with Crippen LogP contribution in [0.2, 0.25) is 5.02 Å². The summed E-state index contributed by atoms with van der Waals surface area (Å²) in [5, 5.41) is 14.3. The zero-order valence-corrected chi connectivity index (χ0v) is 12.1. The fourth-order valence-corrected chi connectivity index (χ4v) is 1.78. The third-order valence-electron chi connectivity index (χ3n) is 2.63. The number of aromatic nitrogens is 2. The maximum absolute atomic E-state index is 13.9. The zero-order chi connectivity index (χ0) is 15.9. The first-order chi connectivity index (χ1) is 9.61. The van der Waals surface area contributed by atoms with Crippen molar-refractivity contribution in [1.29, 1.82) is 0 Å². The SMILES string of the molecule is CC(C)(C)c1nn(-c2cc([N+](=O)[O-])c(Cl)cc2F)c(=O)o1. The highest BCUT2D eigenvalue weighted by atomic mass is 35.5. The first kappa shape index (κ1) is 15.2. The Balaban J connectivity index is 2.68. The molecule has 0 atom stereocenters. The van der Waals surface area contributed by atoms with Gasteiger partial charge < -0.3 is 4.42 Å². The van der Waals surface area contributed by atoms with Gasteiger partial charge in [0.1, 0.15) is 10.7 Å². The monoisotopic (exact) mass is 315 g/mol. The molecule has 112 valence electrons. The van der Waals surface area contributed by atoms with Crippen molar-refractivity contribution in [2.75, 3.05) is 0 Å². The van der Waals surface area contributed by atoms with Gasteiger partial charge >= 0.3 is 5.76 Å². The summed E-state index contributed by atoms with van der Waals surface area (Å²) in [5.74, 6) is -1.76. The van der Waals surface area contributed by atoms with Crippen molar-refractivity contribution in [2.24, 2.45) is 0 Å². The maximum atomic E-state index is 13.9. The molecule has 1 aromatic carbocycles. The predicted molar refractivity (Wildman–Crippen MR) is 72.4 cm³/mol. The van der Waals surface area contributed by atoms with Crippen LogP contribution in [-0.2, 0) is 5.41 Å². The largest absolute Gasteiger partial charge is 0.442 e. The Morgan fingerprint density at radius 1 is 1.43 bits per heavy atom. The van der Waals surface area contributed by atoms with E-state index in [-0.39, 0.29) is 10.9 Å². The second-order valence-corrected chi connectivity index (χ2v) is 5.75. The molecule has 1 heterocycles. The molecule has 0 amide bonds. The summed E-state index contributed by atoms with van der Waals surface area (Å²) in [6, 6.07) is 1.60. The van der Waals surface area contributed by atoms with Gasteiger partial charge in [0.15, 0.2) is 5.82 Å². The van der Waals surface area contributed by atoms with Crippen LogP contribution in [0.4, 0.5) is 10.1 Å². The Labute approximate surface area is 123 Å². The summed E-state index contributed by atoms with van der Waals surface area (Å²) in [4.78, 5) is 21.8. The second-order valence-electron chi connectivity index (χ2n) is 5.35. The van der Waals surface area contributed by atoms with Gasteiger partial charge in [0.25, 0.3) is 5.69 Å². The molecule has 0 bridgehead atoms. The first-order valence-corrected chi connectivity index (χ1v) is 6.23. The molecule has 0 spiro atoms. The molecular formula is C12H11ClFN3O4. The number of benzene rings is 1. The van der Waals surface area contributed by atoms with Crippen molar-refractivity contribution in [3.63, 3.8) is 0 Å². The molecule has 0 radical (unpaired) electrons. The molecule has 0 aliphatic heterocycles. The Morgan fingerprint density at radius 3 is 2.52 bits per heavy atom. The Kier molecular flexibility index (Phi) is 3.58. The van der Waals surface area contributed by atoms with Crippen LogP contribution in [-0.4, -0.2) is 14.7 Å². The van der Waals surface area contributed by atoms with Gasteiger partial charge in [0, 0.05) is 17.5 Å². The highest BCUT2D eigenvalue weighted by molar-refractivity contribution is 6.32. The van der Waals surface area contributed by atoms with Gasteiger partial charge in [-0.05, 0) is 0 Å². The van der Waals surface area contributed by atoms with Crippen LogP contribution in [0.25, 0.3) is 5.69 Å². The van der Waals surface area contributed by atoms with Gasteiger partial charge in [-0.3, -0.25) is 10.1 Å². The number of halogens is 2. The van der Waals surface area contributed by atoms with E-state index >= 15 is 0 Å². The first-order valence-electron chi connectivity index (χ1n) is 5.85. The zero-order valence-electron chi connectivity index (χ0n) is 11.4. The van der Waals surface area contributed by atoms with E-state index in [2.05, 4.69) is 5.10 Å². The summed E-state index contributed by atoms with van der Waals surface area (Å²) in [6.07, 6.45) is 0. The van der Waals surface area contributed by atoms with Gasteiger partial charge in [-0.1, -0.05) is 32.4 Å². The van der Waals surface area contributed by atoms with Gasteiger partial charge in [-0.2, -0.15) is 4.68 Å². The smallest absolute Gasteiger partial charge is 0.391 e. The van der Waals surface area contributed by atoms with Crippen LogP contribution >= 0.6 is 11.6 Å². The second kappa shape index (κ2) is 4.96. The quantitative estimate of drug-likeness (QED) is 0.627. The van der Waals surface area contributed by atoms with E-state index in [9.17, 15) is 19.3 Å². The lowest BCUT2D eigenvalue weighted by Gasteiger charge is -2.10. The molecule has 0 saturated heterocycles. The fraction of sp³-hybridized carbons (Fsp3) is 0.333. The molecule has 0 N–H and O–H groups in total. The Hall–Kier alpha value is -2.22. The number of hydrogen-bond donors (Lipinski definition) is 0. The maximum Gasteiger partial charge on any atom is 0.442 e. The Bertz CT molecular complexity index is 776. The molecule has 0 fully saturated rings. The van der Waals surface area contributed by atoms with E-state index in [1.165, 1.54) is 0 Å². The van der Waals surface area contributed by atoms with Crippen LogP contribution in [0.3, 0.4) is 0 Å². The molecule has 0 aliphatic carbocycles. The lowest BCUT2D eigenvalue weighted by molar-refractivity contribution is -0.384. The topological polar surface area (TPSA) is 91.2 Å². The van der Waals surface area contributed by atoms with E-state index < -0.39 is 33.3 Å². The van der Waals surface area contributed by atoms with Crippen molar-refractivity contribution in [2.45, 2.75) is 26.2 Å². The van der Waals surface area contributed by atoms with Gasteiger partial charge in [-0.15, -0.1) is 5.10 Å². The van der Waals surface area contributed by atoms with E-state index in [1.807, 2.05) is 0 Å². The Morgan fingerprint density at radius 2 is 2.05 bits per heavy atom. The molecular weight excluding hydrogens is 305 g/mol. The van der Waals surface area contributed by atoms with Crippen molar-refractivity contribution >= 4 is 17.3 Å². The van der Waals surface area contributed by atoms with Crippen molar-refractivity contribution < 1.29 is 13.7 Å². The average molecular weight is 316 g/mol. The van der Waals surface area contributed by atoms with Crippen LogP contribution < -0.4 is 5.76 Å². The van der Waals surface area contributed by atoms with Crippen LogP contribution in [0, 0.1) is 15.9 Å². The minimum absolute atomic E-state index is 0.0875. The average Bonchev–Trinajstić information content (AvgIpc) is 2.70. The molecule has 2 aromatic rings. The van der Waals surface area contributed by atoms with Gasteiger partial charge in [0.05, 0.1) is 4.92 Å². The minimum Gasteiger partial charge on any atom is -0.391 e. The van der Waals surface area contributed by atoms with E-state index in [0.717, 1.165) is 12.1 Å². The number of hydrogen-bond acceptors (Lipinski definition) is 5. The third-order valence-corrected chi connectivity index (χ3v) is 2.93. The molecule has 21 heavy (non-hydrogen) atoms. The molecule has 9 heteroatoms. The molecule has 2 rings (SSSR count). The standard InChI is InChI=1S/C12H11ClFN3O4/c1-12(2,3)10-15-16(11(18)21-10)9-5-8(17(19)20)6(13)4-7(9)14/h4-5H,1-3H3. The molecule has 0 unspecified atom stereocenters. The van der Waals surface area contributed by atoms with Crippen molar-refractivity contribution in [3.05, 3.63) is 49.5 Å².